The van der Waals surface area contributed by atoms with E-state index in [9.17, 15) is 4.79 Å². The highest BCUT2D eigenvalue weighted by Gasteiger charge is 2.18. The van der Waals surface area contributed by atoms with Crippen LogP contribution in [-0.2, 0) is 4.79 Å². The number of nitrogens with one attached hydrogen (secondary N) is 2. The van der Waals surface area contributed by atoms with Crippen molar-refractivity contribution in [2.75, 3.05) is 20.8 Å². The summed E-state index contributed by atoms with van der Waals surface area (Å²) in [5.74, 6) is 1.40. The minimum Gasteiger partial charge on any atom is -0.497 e. The van der Waals surface area contributed by atoms with Gasteiger partial charge in [-0.1, -0.05) is 60.7 Å². The van der Waals surface area contributed by atoms with E-state index >= 15 is 0 Å². The number of hydrogen-bond acceptors (Lipinski definition) is 5. The Morgan fingerprint density at radius 2 is 1.65 bits per heavy atom. The molecule has 0 atom stereocenters. The van der Waals surface area contributed by atoms with Crippen LogP contribution in [0.3, 0.4) is 0 Å². The molecule has 0 saturated heterocycles. The van der Waals surface area contributed by atoms with Crippen LogP contribution in [0.15, 0.2) is 85.1 Å². The van der Waals surface area contributed by atoms with Crippen LogP contribution in [0.25, 0.3) is 28.5 Å². The highest BCUT2D eigenvalue weighted by molar-refractivity contribution is 5.85. The number of H-pyrrole nitrogens is 1. The summed E-state index contributed by atoms with van der Waals surface area (Å²) in [6.07, 6.45) is 3.28. The second kappa shape index (κ2) is 10.9. The van der Waals surface area contributed by atoms with Gasteiger partial charge in [0.2, 0.25) is 5.88 Å². The van der Waals surface area contributed by atoms with Crippen LogP contribution >= 0.6 is 0 Å². The molecule has 0 aliphatic heterocycles. The van der Waals surface area contributed by atoms with Gasteiger partial charge in [0.1, 0.15) is 11.5 Å². The monoisotopic (exact) mass is 455 g/mol. The molecule has 7 heteroatoms. The van der Waals surface area contributed by atoms with Gasteiger partial charge in [0, 0.05) is 17.3 Å². The van der Waals surface area contributed by atoms with Gasteiger partial charge >= 0.3 is 0 Å². The van der Waals surface area contributed by atoms with Crippen LogP contribution in [0, 0.1) is 0 Å². The summed E-state index contributed by atoms with van der Waals surface area (Å²) in [5.41, 5.74) is 4.32. The molecule has 34 heavy (non-hydrogen) atoms. The minimum absolute atomic E-state index is 0.196. The first-order valence-electron chi connectivity index (χ1n) is 10.7. The van der Waals surface area contributed by atoms with Gasteiger partial charge in [0.05, 0.1) is 25.5 Å². The zero-order valence-corrected chi connectivity index (χ0v) is 18.9. The van der Waals surface area contributed by atoms with Gasteiger partial charge < -0.3 is 19.5 Å². The Balaban J connectivity index is 1.47. The molecular formula is C27H25N3O4. The average Bonchev–Trinajstić information content (AvgIpc) is 3.32. The van der Waals surface area contributed by atoms with Crippen LogP contribution in [0.1, 0.15) is 5.56 Å². The molecule has 1 aromatic heterocycles. The zero-order chi connectivity index (χ0) is 23.8. The number of methoxy groups -OCH3 is 2. The van der Waals surface area contributed by atoms with E-state index in [0.717, 1.165) is 27.9 Å². The van der Waals surface area contributed by atoms with Gasteiger partial charge in [0.25, 0.3) is 5.91 Å². The number of carbonyl (C=O) groups is 1. The molecule has 4 rings (SSSR count). The van der Waals surface area contributed by atoms with E-state index in [4.69, 9.17) is 14.2 Å². The summed E-state index contributed by atoms with van der Waals surface area (Å²) >= 11 is 0. The first-order chi connectivity index (χ1) is 16.7. The molecule has 0 bridgehead atoms. The molecule has 0 unspecified atom stereocenters. The van der Waals surface area contributed by atoms with Crippen LogP contribution in [0.4, 0.5) is 0 Å². The SMILES string of the molecule is COc1ccc(OC)c(C=CNC(=O)COc2n[nH]c(-c3ccccc3)c2-c2ccccc2)c1. The maximum atomic E-state index is 12.4. The Hall–Kier alpha value is -4.52. The van der Waals surface area contributed by atoms with Crippen molar-refractivity contribution in [2.45, 2.75) is 0 Å². The van der Waals surface area contributed by atoms with Crippen LogP contribution < -0.4 is 19.5 Å². The lowest BCUT2D eigenvalue weighted by molar-refractivity contribution is -0.122. The van der Waals surface area contributed by atoms with Crippen molar-refractivity contribution < 1.29 is 19.0 Å². The van der Waals surface area contributed by atoms with Gasteiger partial charge in [-0.15, -0.1) is 5.10 Å². The molecule has 2 N–H and O–H groups in total. The van der Waals surface area contributed by atoms with Crippen molar-refractivity contribution in [2.24, 2.45) is 0 Å². The molecule has 0 radical (unpaired) electrons. The van der Waals surface area contributed by atoms with E-state index in [2.05, 4.69) is 15.5 Å². The summed E-state index contributed by atoms with van der Waals surface area (Å²) in [7, 11) is 3.18. The van der Waals surface area contributed by atoms with Crippen molar-refractivity contribution in [1.82, 2.24) is 15.5 Å². The third-order valence-electron chi connectivity index (χ3n) is 5.14. The molecule has 3 aromatic carbocycles. The number of carbonyl (C=O) groups excluding carboxylic acids is 1. The number of hydrogen-bond donors (Lipinski definition) is 2. The van der Waals surface area contributed by atoms with Crippen LogP contribution in [-0.4, -0.2) is 36.9 Å². The van der Waals surface area contributed by atoms with Gasteiger partial charge in [0.15, 0.2) is 6.61 Å². The standard InChI is InChI=1S/C27H25N3O4/c1-32-22-13-14-23(33-2)21(17-22)15-16-28-24(31)18-34-27-25(19-9-5-3-6-10-19)26(29-30-27)20-11-7-4-8-12-20/h3-17H,18H2,1-2H3,(H,28,31)(H,29,30). The third-order valence-corrected chi connectivity index (χ3v) is 5.14. The Bertz CT molecular complexity index is 1270. The highest BCUT2D eigenvalue weighted by Crippen LogP contribution is 2.37. The van der Waals surface area contributed by atoms with E-state index in [1.807, 2.05) is 66.7 Å². The van der Waals surface area contributed by atoms with Crippen molar-refractivity contribution in [3.05, 3.63) is 90.6 Å². The quantitative estimate of drug-likeness (QED) is 0.374. The molecule has 1 heterocycles. The molecule has 1 amide bonds. The number of amides is 1. The number of ether oxygens (including phenoxy) is 3. The van der Waals surface area contributed by atoms with Crippen molar-refractivity contribution in [3.8, 4) is 39.8 Å². The largest absolute Gasteiger partial charge is 0.497 e. The molecular weight excluding hydrogens is 430 g/mol. The zero-order valence-electron chi connectivity index (χ0n) is 18.9. The first kappa shape index (κ1) is 22.7. The van der Waals surface area contributed by atoms with Gasteiger partial charge in [-0.05, 0) is 29.8 Å². The number of benzene rings is 3. The smallest absolute Gasteiger partial charge is 0.261 e. The predicted molar refractivity (Wildman–Crippen MR) is 132 cm³/mol. The predicted octanol–water partition coefficient (Wildman–Crippen LogP) is 4.93. The first-order valence-corrected chi connectivity index (χ1v) is 10.7. The molecule has 0 fully saturated rings. The summed E-state index contributed by atoms with van der Waals surface area (Å²) < 4.78 is 16.4. The maximum Gasteiger partial charge on any atom is 0.261 e. The molecule has 0 aliphatic rings. The fourth-order valence-corrected chi connectivity index (χ4v) is 3.49. The third kappa shape index (κ3) is 5.27. The van der Waals surface area contributed by atoms with E-state index in [-0.39, 0.29) is 12.5 Å². The second-order valence-corrected chi connectivity index (χ2v) is 7.31. The summed E-state index contributed by atoms with van der Waals surface area (Å²) in [6, 6.07) is 25.1. The number of rotatable bonds is 9. The summed E-state index contributed by atoms with van der Waals surface area (Å²) in [5, 5.41) is 10.1. The molecule has 172 valence electrons. The highest BCUT2D eigenvalue weighted by atomic mass is 16.5. The Kier molecular flexibility index (Phi) is 7.25. The normalized spacial score (nSPS) is 10.8. The van der Waals surface area contributed by atoms with Crippen molar-refractivity contribution >= 4 is 12.0 Å². The van der Waals surface area contributed by atoms with Gasteiger partial charge in [-0.2, -0.15) is 0 Å². The Morgan fingerprint density at radius 3 is 2.32 bits per heavy atom. The number of nitrogens with zero attached hydrogens (tertiary/aromatic N) is 1. The lowest BCUT2D eigenvalue weighted by Gasteiger charge is -2.08. The Morgan fingerprint density at radius 1 is 0.941 bits per heavy atom. The lowest BCUT2D eigenvalue weighted by atomic mass is 10.0. The number of aromatic nitrogens is 2. The summed E-state index contributed by atoms with van der Waals surface area (Å²) in [6.45, 7) is -0.196. The van der Waals surface area contributed by atoms with Crippen LogP contribution in [0.5, 0.6) is 17.4 Å². The second-order valence-electron chi connectivity index (χ2n) is 7.31. The lowest BCUT2D eigenvalue weighted by Crippen LogP contribution is -2.24. The molecule has 0 saturated carbocycles. The van der Waals surface area contributed by atoms with Gasteiger partial charge in [-0.3, -0.25) is 9.89 Å². The van der Waals surface area contributed by atoms with Crippen molar-refractivity contribution in [3.63, 3.8) is 0 Å². The average molecular weight is 456 g/mol. The van der Waals surface area contributed by atoms with Crippen LogP contribution in [0.2, 0.25) is 0 Å². The van der Waals surface area contributed by atoms with Crippen molar-refractivity contribution in [1.29, 1.82) is 0 Å². The van der Waals surface area contributed by atoms with E-state index in [1.54, 1.807) is 38.6 Å². The van der Waals surface area contributed by atoms with Gasteiger partial charge in [-0.25, -0.2) is 0 Å². The fraction of sp³-hybridized carbons (Fsp3) is 0.111. The maximum absolute atomic E-state index is 12.4. The molecule has 7 nitrogen and oxygen atoms in total. The minimum atomic E-state index is -0.318. The van der Waals surface area contributed by atoms with E-state index in [1.165, 1.54) is 0 Å². The summed E-state index contributed by atoms with van der Waals surface area (Å²) in [4.78, 5) is 12.4. The molecule has 0 aliphatic carbocycles. The molecule has 0 spiro atoms. The fourth-order valence-electron chi connectivity index (χ4n) is 3.49. The Labute approximate surface area is 198 Å². The topological polar surface area (TPSA) is 85.5 Å². The van der Waals surface area contributed by atoms with E-state index in [0.29, 0.717) is 17.4 Å². The van der Waals surface area contributed by atoms with E-state index < -0.39 is 0 Å². The molecule has 4 aromatic rings. The number of aromatic amines is 1.